The van der Waals surface area contributed by atoms with Crippen molar-refractivity contribution in [1.82, 2.24) is 21.3 Å². The number of nitrogens with one attached hydrogen (secondary N) is 4. The van der Waals surface area contributed by atoms with Gasteiger partial charge in [0.05, 0.1) is 11.1 Å². The van der Waals surface area contributed by atoms with Crippen LogP contribution in [0.25, 0.3) is 0 Å². The second-order valence-electron chi connectivity index (χ2n) is 6.24. The summed E-state index contributed by atoms with van der Waals surface area (Å²) in [6.45, 7) is 7.72. The number of hydrogen-bond donors (Lipinski definition) is 4. The van der Waals surface area contributed by atoms with Gasteiger partial charge in [0.25, 0.3) is 0 Å². The topological polar surface area (TPSA) is 82.3 Å². The minimum Gasteiger partial charge on any atom is -0.341 e. The number of urea groups is 2. The van der Waals surface area contributed by atoms with Crippen molar-refractivity contribution in [2.45, 2.75) is 38.8 Å². The minimum absolute atomic E-state index is 0.238. The molecule has 0 bridgehead atoms. The molecule has 0 unspecified atom stereocenters. The normalized spacial score (nSPS) is 11.5. The van der Waals surface area contributed by atoms with E-state index in [9.17, 15) is 9.59 Å². The predicted octanol–water partition coefficient (Wildman–Crippen LogP) is 2.01. The first kappa shape index (κ1) is 17.8. The van der Waals surface area contributed by atoms with Gasteiger partial charge in [0.15, 0.2) is 0 Å². The number of rotatable bonds is 4. The van der Waals surface area contributed by atoms with E-state index < -0.39 is 11.1 Å². The molecule has 0 saturated heterocycles. The fourth-order valence-electron chi connectivity index (χ4n) is 2.13. The Morgan fingerprint density at radius 1 is 0.818 bits per heavy atom. The molecule has 1 aromatic rings. The van der Waals surface area contributed by atoms with E-state index in [0.717, 1.165) is 11.1 Å². The smallest absolute Gasteiger partial charge is 0.315 e. The first-order valence-corrected chi connectivity index (χ1v) is 7.23. The third kappa shape index (κ3) is 4.38. The van der Waals surface area contributed by atoms with Crippen LogP contribution in [0.3, 0.4) is 0 Å². The van der Waals surface area contributed by atoms with E-state index in [1.54, 1.807) is 14.1 Å². The van der Waals surface area contributed by atoms with Crippen molar-refractivity contribution in [1.29, 1.82) is 0 Å². The van der Waals surface area contributed by atoms with Crippen molar-refractivity contribution in [2.75, 3.05) is 14.1 Å². The van der Waals surface area contributed by atoms with Gasteiger partial charge in [-0.25, -0.2) is 9.59 Å². The van der Waals surface area contributed by atoms with Crippen LogP contribution in [0.15, 0.2) is 24.3 Å². The molecule has 6 heteroatoms. The summed E-state index contributed by atoms with van der Waals surface area (Å²) in [6, 6.07) is 7.35. The maximum Gasteiger partial charge on any atom is 0.315 e. The molecule has 1 rings (SSSR count). The highest BCUT2D eigenvalue weighted by Crippen LogP contribution is 2.26. The molecular weight excluding hydrogens is 280 g/mol. The Bertz CT molecular complexity index is 508. The first-order chi connectivity index (χ1) is 10.1. The molecule has 4 amide bonds. The zero-order chi connectivity index (χ0) is 17.0. The summed E-state index contributed by atoms with van der Waals surface area (Å²) >= 11 is 0. The monoisotopic (exact) mass is 306 g/mol. The zero-order valence-electron chi connectivity index (χ0n) is 14.1. The second kappa shape index (κ2) is 6.68. The van der Waals surface area contributed by atoms with E-state index in [0.29, 0.717) is 0 Å². The number of carbonyl (C=O) groups excluding carboxylic acids is 2. The van der Waals surface area contributed by atoms with E-state index in [1.807, 2.05) is 52.0 Å². The third-order valence-electron chi connectivity index (χ3n) is 3.61. The Balaban J connectivity index is 3.08. The average Bonchev–Trinajstić information content (AvgIpc) is 2.46. The highest BCUT2D eigenvalue weighted by Gasteiger charge is 2.27. The molecule has 0 fully saturated rings. The van der Waals surface area contributed by atoms with Gasteiger partial charge in [0.1, 0.15) is 0 Å². The van der Waals surface area contributed by atoms with Crippen molar-refractivity contribution in [2.24, 2.45) is 0 Å². The molecule has 0 aliphatic heterocycles. The van der Waals surface area contributed by atoms with E-state index in [2.05, 4.69) is 21.3 Å². The largest absolute Gasteiger partial charge is 0.341 e. The van der Waals surface area contributed by atoms with Crippen LogP contribution in [0, 0.1) is 0 Å². The molecule has 0 aliphatic carbocycles. The van der Waals surface area contributed by atoms with Gasteiger partial charge in [0, 0.05) is 14.1 Å². The molecule has 0 saturated carbocycles. The minimum atomic E-state index is -0.529. The zero-order valence-corrected chi connectivity index (χ0v) is 14.1. The van der Waals surface area contributed by atoms with E-state index in [4.69, 9.17) is 0 Å². The maximum atomic E-state index is 11.6. The summed E-state index contributed by atoms with van der Waals surface area (Å²) in [6.07, 6.45) is 0. The van der Waals surface area contributed by atoms with Gasteiger partial charge in [-0.1, -0.05) is 24.3 Å². The Hall–Kier alpha value is -2.24. The standard InChI is InChI=1S/C16H26N4O2/c1-15(2,19-13(21)17-5)11-8-7-9-12(10-11)16(3,4)20-14(22)18-6/h7-10H,1-6H3,(H2,17,19,21)(H2,18,20,22). The highest BCUT2D eigenvalue weighted by molar-refractivity contribution is 5.75. The van der Waals surface area contributed by atoms with Crippen molar-refractivity contribution in [3.05, 3.63) is 35.4 Å². The summed E-state index contributed by atoms with van der Waals surface area (Å²) in [4.78, 5) is 23.2. The summed E-state index contributed by atoms with van der Waals surface area (Å²) in [5, 5.41) is 10.9. The molecule has 22 heavy (non-hydrogen) atoms. The van der Waals surface area contributed by atoms with Crippen LogP contribution in [-0.2, 0) is 11.1 Å². The quantitative estimate of drug-likeness (QED) is 0.686. The van der Waals surface area contributed by atoms with Gasteiger partial charge in [0.2, 0.25) is 0 Å². The average molecular weight is 306 g/mol. The molecule has 6 nitrogen and oxygen atoms in total. The van der Waals surface area contributed by atoms with Crippen molar-refractivity contribution >= 4 is 12.1 Å². The van der Waals surface area contributed by atoms with Crippen molar-refractivity contribution < 1.29 is 9.59 Å². The number of hydrogen-bond acceptors (Lipinski definition) is 2. The molecule has 0 aliphatic rings. The lowest BCUT2D eigenvalue weighted by Crippen LogP contribution is -2.46. The summed E-state index contributed by atoms with van der Waals surface area (Å²) < 4.78 is 0. The Kier molecular flexibility index (Phi) is 5.41. The Morgan fingerprint density at radius 3 is 1.50 bits per heavy atom. The van der Waals surface area contributed by atoms with Gasteiger partial charge in [-0.3, -0.25) is 0 Å². The van der Waals surface area contributed by atoms with Crippen LogP contribution >= 0.6 is 0 Å². The molecule has 122 valence electrons. The fourth-order valence-corrected chi connectivity index (χ4v) is 2.13. The predicted molar refractivity (Wildman–Crippen MR) is 87.7 cm³/mol. The lowest BCUT2D eigenvalue weighted by atomic mass is 9.87. The van der Waals surface area contributed by atoms with Crippen LogP contribution in [0.1, 0.15) is 38.8 Å². The molecule has 0 radical (unpaired) electrons. The molecular formula is C16H26N4O2. The molecule has 1 aromatic carbocycles. The van der Waals surface area contributed by atoms with Crippen molar-refractivity contribution in [3.8, 4) is 0 Å². The van der Waals surface area contributed by atoms with Crippen molar-refractivity contribution in [3.63, 3.8) is 0 Å². The number of amides is 4. The van der Waals surface area contributed by atoms with Crippen LogP contribution in [0.5, 0.6) is 0 Å². The molecule has 4 N–H and O–H groups in total. The summed E-state index contributed by atoms with van der Waals surface area (Å²) in [5.41, 5.74) is 0.860. The van der Waals surface area contributed by atoms with Crippen LogP contribution < -0.4 is 21.3 Å². The van der Waals surface area contributed by atoms with E-state index >= 15 is 0 Å². The number of carbonyl (C=O) groups is 2. The fraction of sp³-hybridized carbons (Fsp3) is 0.500. The lowest BCUT2D eigenvalue weighted by Gasteiger charge is -2.31. The Labute approximate surface area is 132 Å². The molecule has 0 spiro atoms. The van der Waals surface area contributed by atoms with Gasteiger partial charge in [-0.05, 0) is 38.8 Å². The lowest BCUT2D eigenvalue weighted by molar-refractivity contribution is 0.232. The second-order valence-corrected chi connectivity index (χ2v) is 6.24. The van der Waals surface area contributed by atoms with Gasteiger partial charge in [-0.2, -0.15) is 0 Å². The number of benzene rings is 1. The summed E-state index contributed by atoms with van der Waals surface area (Å²) in [7, 11) is 3.16. The summed E-state index contributed by atoms with van der Waals surface area (Å²) in [5.74, 6) is 0. The van der Waals surface area contributed by atoms with E-state index in [-0.39, 0.29) is 12.1 Å². The van der Waals surface area contributed by atoms with Crippen LogP contribution in [0.4, 0.5) is 9.59 Å². The van der Waals surface area contributed by atoms with E-state index in [1.165, 1.54) is 0 Å². The van der Waals surface area contributed by atoms with Crippen LogP contribution in [0.2, 0.25) is 0 Å². The van der Waals surface area contributed by atoms with Crippen LogP contribution in [-0.4, -0.2) is 26.2 Å². The first-order valence-electron chi connectivity index (χ1n) is 7.23. The maximum absolute atomic E-state index is 11.6. The van der Waals surface area contributed by atoms with Gasteiger partial charge in [-0.15, -0.1) is 0 Å². The molecule has 0 heterocycles. The highest BCUT2D eigenvalue weighted by atomic mass is 16.2. The third-order valence-corrected chi connectivity index (χ3v) is 3.61. The molecule has 0 atom stereocenters. The van der Waals surface area contributed by atoms with Gasteiger partial charge < -0.3 is 21.3 Å². The molecule has 0 aromatic heterocycles. The Morgan fingerprint density at radius 2 is 1.18 bits per heavy atom. The van der Waals surface area contributed by atoms with Gasteiger partial charge >= 0.3 is 12.1 Å². The SMILES string of the molecule is CNC(=O)NC(C)(C)c1cccc(C(C)(C)NC(=O)NC)c1.